The second-order valence-electron chi connectivity index (χ2n) is 9.26. The van der Waals surface area contributed by atoms with Crippen molar-refractivity contribution >= 4 is 28.1 Å². The molecule has 8 heteroatoms. The number of hydrogen-bond donors (Lipinski definition) is 1. The second-order valence-corrected chi connectivity index (χ2v) is 10.1. The van der Waals surface area contributed by atoms with Crippen LogP contribution in [0.5, 0.6) is 11.5 Å². The molecule has 0 radical (unpaired) electrons. The number of rotatable bonds is 9. The van der Waals surface area contributed by atoms with Gasteiger partial charge in [0.1, 0.15) is 12.4 Å². The summed E-state index contributed by atoms with van der Waals surface area (Å²) in [6.45, 7) is 2.23. The number of nitrogens with one attached hydrogen (secondary N) is 1. The Bertz CT molecular complexity index is 1700. The predicted octanol–water partition coefficient (Wildman–Crippen LogP) is 7.71. The lowest BCUT2D eigenvalue weighted by molar-refractivity contribution is 0.0955. The number of nitrogens with zero attached hydrogens (tertiary/aromatic N) is 2. The molecule has 4 aromatic carbocycles. The number of halogens is 2. The molecule has 1 N–H and O–H groups in total. The molecule has 1 aromatic heterocycles. The molecular weight excluding hydrogens is 585 g/mol. The van der Waals surface area contributed by atoms with Crippen molar-refractivity contribution in [1.29, 1.82) is 0 Å². The van der Waals surface area contributed by atoms with Gasteiger partial charge in [-0.25, -0.2) is 9.82 Å². The molecule has 206 valence electrons. The summed E-state index contributed by atoms with van der Waals surface area (Å²) in [5.74, 6) is 0.289. The minimum atomic E-state index is -0.332. The molecule has 5 aromatic rings. The SMILES string of the molecule is COc1cc(/C=N/NC(=O)c2ccc(-n3c(C)ccc3-c3ccccc3)cc2)cc(Br)c1OCc1cccc(F)c1. The van der Waals surface area contributed by atoms with Crippen LogP contribution in [0.2, 0.25) is 0 Å². The van der Waals surface area contributed by atoms with E-state index in [4.69, 9.17) is 9.47 Å². The quantitative estimate of drug-likeness (QED) is 0.137. The first-order valence-electron chi connectivity index (χ1n) is 12.9. The van der Waals surface area contributed by atoms with E-state index in [2.05, 4.69) is 62.2 Å². The monoisotopic (exact) mass is 611 g/mol. The molecule has 6 nitrogen and oxygen atoms in total. The maximum atomic E-state index is 13.5. The van der Waals surface area contributed by atoms with Crippen LogP contribution in [0, 0.1) is 12.7 Å². The van der Waals surface area contributed by atoms with E-state index >= 15 is 0 Å². The molecule has 0 atom stereocenters. The van der Waals surface area contributed by atoms with Crippen LogP contribution in [-0.4, -0.2) is 23.8 Å². The van der Waals surface area contributed by atoms with E-state index in [9.17, 15) is 9.18 Å². The zero-order valence-electron chi connectivity index (χ0n) is 22.5. The number of carbonyl (C=O) groups is 1. The lowest BCUT2D eigenvalue weighted by Crippen LogP contribution is -2.17. The van der Waals surface area contributed by atoms with E-state index in [-0.39, 0.29) is 18.3 Å². The van der Waals surface area contributed by atoms with E-state index in [0.29, 0.717) is 32.7 Å². The molecule has 0 spiro atoms. The number of ether oxygens (including phenoxy) is 2. The van der Waals surface area contributed by atoms with Crippen molar-refractivity contribution in [2.24, 2.45) is 5.10 Å². The van der Waals surface area contributed by atoms with Gasteiger partial charge in [-0.15, -0.1) is 0 Å². The maximum Gasteiger partial charge on any atom is 0.271 e. The van der Waals surface area contributed by atoms with E-state index < -0.39 is 0 Å². The van der Waals surface area contributed by atoms with Crippen molar-refractivity contribution in [2.75, 3.05) is 7.11 Å². The Kier molecular flexibility index (Phi) is 8.60. The first-order valence-corrected chi connectivity index (χ1v) is 13.6. The van der Waals surface area contributed by atoms with Crippen molar-refractivity contribution < 1.29 is 18.7 Å². The Hall–Kier alpha value is -4.69. The summed E-state index contributed by atoms with van der Waals surface area (Å²) >= 11 is 3.50. The fourth-order valence-corrected chi connectivity index (χ4v) is 5.02. The molecule has 1 amide bonds. The summed E-state index contributed by atoms with van der Waals surface area (Å²) in [7, 11) is 1.53. The van der Waals surface area contributed by atoms with Crippen molar-refractivity contribution in [2.45, 2.75) is 13.5 Å². The maximum absolute atomic E-state index is 13.5. The van der Waals surface area contributed by atoms with E-state index in [1.165, 1.54) is 25.5 Å². The summed E-state index contributed by atoms with van der Waals surface area (Å²) in [4.78, 5) is 12.8. The van der Waals surface area contributed by atoms with Gasteiger partial charge in [0.2, 0.25) is 0 Å². The molecule has 0 unspecified atom stereocenters. The van der Waals surface area contributed by atoms with Crippen LogP contribution in [0.25, 0.3) is 16.9 Å². The summed E-state index contributed by atoms with van der Waals surface area (Å²) in [6.07, 6.45) is 1.52. The zero-order valence-corrected chi connectivity index (χ0v) is 24.1. The third-order valence-electron chi connectivity index (χ3n) is 6.44. The van der Waals surface area contributed by atoms with E-state index in [1.54, 1.807) is 36.4 Å². The summed E-state index contributed by atoms with van der Waals surface area (Å²) < 4.78 is 27.6. The van der Waals surface area contributed by atoms with Crippen molar-refractivity contribution in [3.8, 4) is 28.4 Å². The van der Waals surface area contributed by atoms with Gasteiger partial charge in [-0.3, -0.25) is 4.79 Å². The average Bonchev–Trinajstić information content (AvgIpc) is 3.38. The highest BCUT2D eigenvalue weighted by atomic mass is 79.9. The molecule has 0 fully saturated rings. The van der Waals surface area contributed by atoms with Gasteiger partial charge in [-0.1, -0.05) is 42.5 Å². The van der Waals surface area contributed by atoms with Gasteiger partial charge in [0.05, 0.1) is 23.5 Å². The minimum absolute atomic E-state index is 0.173. The highest BCUT2D eigenvalue weighted by Gasteiger charge is 2.13. The minimum Gasteiger partial charge on any atom is -0.493 e. The first kappa shape index (κ1) is 27.9. The largest absolute Gasteiger partial charge is 0.493 e. The topological polar surface area (TPSA) is 64.8 Å². The smallest absolute Gasteiger partial charge is 0.271 e. The van der Waals surface area contributed by atoms with Crippen LogP contribution in [0.4, 0.5) is 4.39 Å². The van der Waals surface area contributed by atoms with Gasteiger partial charge in [0.15, 0.2) is 11.5 Å². The number of benzene rings is 4. The number of amides is 1. The molecule has 5 rings (SSSR count). The number of carbonyl (C=O) groups excluding carboxylic acids is 1. The standard InChI is InChI=1S/C33H27BrFN3O3/c1-22-11-16-30(25-8-4-3-5-9-25)38(22)28-14-12-26(13-15-28)33(39)37-36-20-24-18-29(34)32(31(19-24)40-2)41-21-23-7-6-10-27(35)17-23/h3-20H,21H2,1-2H3,(H,37,39)/b36-20+. The molecule has 0 aliphatic rings. The van der Waals surface area contributed by atoms with Gasteiger partial charge in [-0.05, 0) is 100 Å². The Morgan fingerprint density at radius 3 is 2.49 bits per heavy atom. The number of aromatic nitrogens is 1. The van der Waals surface area contributed by atoms with Crippen LogP contribution >= 0.6 is 15.9 Å². The summed E-state index contributed by atoms with van der Waals surface area (Å²) in [5.41, 5.74) is 8.69. The highest BCUT2D eigenvalue weighted by molar-refractivity contribution is 9.10. The zero-order chi connectivity index (χ0) is 28.8. The fourth-order valence-electron chi connectivity index (χ4n) is 4.44. The Morgan fingerprint density at radius 1 is 0.976 bits per heavy atom. The van der Waals surface area contributed by atoms with E-state index in [1.807, 2.05) is 30.3 Å². The Balaban J connectivity index is 1.25. The number of hydrogen-bond acceptors (Lipinski definition) is 4. The van der Waals surface area contributed by atoms with Crippen molar-refractivity contribution in [3.05, 3.63) is 136 Å². The van der Waals surface area contributed by atoms with Crippen LogP contribution in [0.1, 0.15) is 27.2 Å². The molecule has 0 bridgehead atoms. The normalized spacial score (nSPS) is 11.0. The molecule has 0 saturated carbocycles. The Labute approximate surface area is 246 Å². The van der Waals surface area contributed by atoms with Gasteiger partial charge in [0.25, 0.3) is 5.91 Å². The first-order chi connectivity index (χ1) is 19.9. The second kappa shape index (κ2) is 12.7. The van der Waals surface area contributed by atoms with Crippen LogP contribution in [-0.2, 0) is 6.61 Å². The molecule has 0 aliphatic heterocycles. The lowest BCUT2D eigenvalue weighted by Gasteiger charge is -2.13. The molecular formula is C33H27BrFN3O3. The Morgan fingerprint density at radius 2 is 1.76 bits per heavy atom. The molecule has 1 heterocycles. The van der Waals surface area contributed by atoms with Crippen LogP contribution < -0.4 is 14.9 Å². The van der Waals surface area contributed by atoms with Crippen molar-refractivity contribution in [3.63, 3.8) is 0 Å². The van der Waals surface area contributed by atoms with Gasteiger partial charge >= 0.3 is 0 Å². The number of hydrazone groups is 1. The van der Waals surface area contributed by atoms with E-state index in [0.717, 1.165) is 22.6 Å². The fraction of sp³-hybridized carbons (Fsp3) is 0.0909. The number of methoxy groups -OCH3 is 1. The molecule has 41 heavy (non-hydrogen) atoms. The number of aryl methyl sites for hydroxylation is 1. The molecule has 0 aliphatic carbocycles. The lowest BCUT2D eigenvalue weighted by atomic mass is 10.1. The summed E-state index contributed by atoms with van der Waals surface area (Å²) in [6, 6.07) is 31.5. The molecule has 0 saturated heterocycles. The average molecular weight is 612 g/mol. The van der Waals surface area contributed by atoms with Crippen LogP contribution in [0.15, 0.2) is 113 Å². The van der Waals surface area contributed by atoms with Gasteiger partial charge in [0, 0.05) is 16.9 Å². The third-order valence-corrected chi connectivity index (χ3v) is 7.03. The van der Waals surface area contributed by atoms with Crippen LogP contribution in [0.3, 0.4) is 0 Å². The van der Waals surface area contributed by atoms with Gasteiger partial charge in [-0.2, -0.15) is 5.10 Å². The summed E-state index contributed by atoms with van der Waals surface area (Å²) in [5, 5.41) is 4.12. The van der Waals surface area contributed by atoms with Gasteiger partial charge < -0.3 is 14.0 Å². The highest BCUT2D eigenvalue weighted by Crippen LogP contribution is 2.37. The predicted molar refractivity (Wildman–Crippen MR) is 162 cm³/mol. The third kappa shape index (κ3) is 6.56. The van der Waals surface area contributed by atoms with Crippen molar-refractivity contribution in [1.82, 2.24) is 9.99 Å².